The number of hydrogen-bond acceptors (Lipinski definition) is 5. The molecule has 4 heterocycles. The predicted octanol–water partition coefficient (Wildman–Crippen LogP) is 5.18. The first-order valence-electron chi connectivity index (χ1n) is 11.6. The molecule has 1 N–H and O–H groups in total. The highest BCUT2D eigenvalue weighted by Gasteiger charge is 2.42. The molecule has 0 spiro atoms. The van der Waals surface area contributed by atoms with Crippen molar-refractivity contribution in [2.45, 2.75) is 18.6 Å². The number of benzene rings is 1. The van der Waals surface area contributed by atoms with E-state index in [9.17, 15) is 0 Å². The molecule has 3 aromatic heterocycles. The maximum atomic E-state index is 6.62. The van der Waals surface area contributed by atoms with Gasteiger partial charge in [0.25, 0.3) is 0 Å². The highest BCUT2D eigenvalue weighted by Crippen LogP contribution is 2.43. The Hall–Kier alpha value is -3.46. The monoisotopic (exact) mass is 519 g/mol. The first-order chi connectivity index (χ1) is 17.7. The quantitative estimate of drug-likeness (QED) is 0.241. The molecule has 0 amide bonds. The summed E-state index contributed by atoms with van der Waals surface area (Å²) in [5.41, 5.74) is 3.99. The lowest BCUT2D eigenvalue weighted by Crippen LogP contribution is -2.30. The fourth-order valence-electron chi connectivity index (χ4n) is 4.45. The Labute approximate surface area is 220 Å². The number of nitrogens with zero attached hydrogens (tertiary/aromatic N) is 4. The summed E-state index contributed by atoms with van der Waals surface area (Å²) in [5, 5.41) is 4.62. The Balaban J connectivity index is 1.53. The van der Waals surface area contributed by atoms with Gasteiger partial charge in [0, 0.05) is 49.8 Å². The van der Waals surface area contributed by atoms with Crippen LogP contribution in [0.5, 0.6) is 5.75 Å². The van der Waals surface area contributed by atoms with Crippen molar-refractivity contribution in [2.24, 2.45) is 0 Å². The Morgan fingerprint density at radius 1 is 1.06 bits per heavy atom. The largest absolute Gasteiger partial charge is 0.490 e. The lowest BCUT2D eigenvalue weighted by molar-refractivity contribution is 0.146. The number of aromatic nitrogens is 3. The Bertz CT molecular complexity index is 1320. The number of nitrogens with one attached hydrogen (secondary N) is 1. The van der Waals surface area contributed by atoms with Crippen molar-refractivity contribution in [3.63, 3.8) is 0 Å². The van der Waals surface area contributed by atoms with E-state index in [0.29, 0.717) is 35.6 Å². The van der Waals surface area contributed by atoms with Crippen LogP contribution in [0, 0.1) is 0 Å². The zero-order valence-corrected chi connectivity index (χ0v) is 21.3. The summed E-state index contributed by atoms with van der Waals surface area (Å²) in [6.45, 7) is 1.60. The first kappa shape index (κ1) is 24.2. The van der Waals surface area contributed by atoms with Gasteiger partial charge in [0.05, 0.1) is 23.4 Å². The number of ether oxygens (including phenoxy) is 2. The van der Waals surface area contributed by atoms with Crippen molar-refractivity contribution in [1.29, 1.82) is 0 Å². The molecule has 0 unspecified atom stereocenters. The van der Waals surface area contributed by atoms with Gasteiger partial charge in [-0.25, -0.2) is 0 Å². The van der Waals surface area contributed by atoms with Crippen LogP contribution in [0.4, 0.5) is 5.69 Å². The number of thiocarbonyl (C=S) groups is 1. The molecule has 4 aromatic rings. The number of rotatable bonds is 9. The molecule has 5 rings (SSSR count). The van der Waals surface area contributed by atoms with Crippen molar-refractivity contribution < 1.29 is 9.47 Å². The lowest BCUT2D eigenvalue weighted by atomic mass is 10.0. The molecule has 0 aliphatic carbocycles. The smallest absolute Gasteiger partial charge is 0.174 e. The molecule has 0 saturated carbocycles. The van der Waals surface area contributed by atoms with E-state index in [0.717, 1.165) is 22.6 Å². The topological polar surface area (TPSA) is 64.4 Å². The summed E-state index contributed by atoms with van der Waals surface area (Å²) in [6, 6.07) is 19.6. The van der Waals surface area contributed by atoms with E-state index in [1.165, 1.54) is 0 Å². The van der Waals surface area contributed by atoms with Gasteiger partial charge in [-0.15, -0.1) is 0 Å². The standard InChI is InChI=1S/C27H26ClN5O2S/c1-34-14-15-35-24-10-9-20(16-21(24)28)33-26(25(31-27(33)36)22-7-2-3-12-30-22)23-8-5-13-32(23)18-19-6-4-11-29-17-19/h2-13,16-17,25-26H,14-15,18H2,1H3,(H,31,36)/t25-,26+/m0/s1. The minimum absolute atomic E-state index is 0.155. The minimum Gasteiger partial charge on any atom is -0.490 e. The molecular weight excluding hydrogens is 494 g/mol. The normalized spacial score (nSPS) is 17.3. The average Bonchev–Trinajstić information content (AvgIpc) is 3.49. The summed E-state index contributed by atoms with van der Waals surface area (Å²) in [6.07, 6.45) is 7.55. The second kappa shape index (κ2) is 11.1. The molecule has 2 atom stereocenters. The van der Waals surface area contributed by atoms with E-state index in [1.54, 1.807) is 19.5 Å². The third-order valence-corrected chi connectivity index (χ3v) is 6.69. The van der Waals surface area contributed by atoms with E-state index in [-0.39, 0.29) is 12.1 Å². The minimum atomic E-state index is -0.157. The first-order valence-corrected chi connectivity index (χ1v) is 12.4. The van der Waals surface area contributed by atoms with Gasteiger partial charge < -0.3 is 24.3 Å². The van der Waals surface area contributed by atoms with Crippen molar-refractivity contribution in [2.75, 3.05) is 25.2 Å². The molecule has 1 aromatic carbocycles. The Kier molecular flexibility index (Phi) is 7.46. The van der Waals surface area contributed by atoms with E-state index in [2.05, 4.69) is 49.1 Å². The second-order valence-corrected chi connectivity index (χ2v) is 9.17. The summed E-state index contributed by atoms with van der Waals surface area (Å²) in [4.78, 5) is 11.0. The molecular formula is C27H26ClN5O2S. The highest BCUT2D eigenvalue weighted by atomic mass is 35.5. The zero-order valence-electron chi connectivity index (χ0n) is 19.8. The van der Waals surface area contributed by atoms with E-state index in [1.807, 2.05) is 48.7 Å². The van der Waals surface area contributed by atoms with Crippen molar-refractivity contribution in [3.05, 3.63) is 107 Å². The fourth-order valence-corrected chi connectivity index (χ4v) is 5.03. The van der Waals surface area contributed by atoms with Crippen LogP contribution in [-0.2, 0) is 11.3 Å². The number of halogens is 1. The maximum absolute atomic E-state index is 6.62. The molecule has 184 valence electrons. The third-order valence-electron chi connectivity index (χ3n) is 6.08. The van der Waals surface area contributed by atoms with Gasteiger partial charge in [-0.2, -0.15) is 0 Å². The van der Waals surface area contributed by atoms with Gasteiger partial charge in [-0.1, -0.05) is 23.7 Å². The number of methoxy groups -OCH3 is 1. The number of anilines is 1. The zero-order chi connectivity index (χ0) is 24.9. The number of hydrogen-bond donors (Lipinski definition) is 1. The summed E-state index contributed by atoms with van der Waals surface area (Å²) < 4.78 is 13.1. The van der Waals surface area contributed by atoms with Crippen LogP contribution in [0.3, 0.4) is 0 Å². The van der Waals surface area contributed by atoms with Crippen LogP contribution in [-0.4, -0.2) is 40.0 Å². The molecule has 0 bridgehead atoms. The maximum Gasteiger partial charge on any atom is 0.174 e. The van der Waals surface area contributed by atoms with Crippen LogP contribution >= 0.6 is 23.8 Å². The SMILES string of the molecule is COCCOc1ccc(N2C(=S)N[C@@H](c3ccccn3)[C@H]2c2cccn2Cc2cccnc2)cc1Cl. The summed E-state index contributed by atoms with van der Waals surface area (Å²) in [5.74, 6) is 0.605. The van der Waals surface area contributed by atoms with Gasteiger partial charge in [0.15, 0.2) is 5.11 Å². The highest BCUT2D eigenvalue weighted by molar-refractivity contribution is 7.80. The lowest BCUT2D eigenvalue weighted by Gasteiger charge is -2.29. The van der Waals surface area contributed by atoms with Crippen molar-refractivity contribution in [3.8, 4) is 5.75 Å². The second-order valence-electron chi connectivity index (χ2n) is 8.37. The predicted molar refractivity (Wildman–Crippen MR) is 145 cm³/mol. The van der Waals surface area contributed by atoms with E-state index >= 15 is 0 Å². The van der Waals surface area contributed by atoms with Gasteiger partial charge in [0.1, 0.15) is 18.4 Å². The molecule has 1 fully saturated rings. The van der Waals surface area contributed by atoms with Gasteiger partial charge in [-0.05, 0) is 66.3 Å². The molecule has 1 saturated heterocycles. The summed E-state index contributed by atoms with van der Waals surface area (Å²) in [7, 11) is 1.64. The molecule has 36 heavy (non-hydrogen) atoms. The van der Waals surface area contributed by atoms with Crippen LogP contribution in [0.1, 0.15) is 29.0 Å². The molecule has 7 nitrogen and oxygen atoms in total. The van der Waals surface area contributed by atoms with Gasteiger partial charge in [0.2, 0.25) is 0 Å². The third kappa shape index (κ3) is 5.06. The molecule has 1 aliphatic rings. The Morgan fingerprint density at radius 2 is 1.97 bits per heavy atom. The van der Waals surface area contributed by atoms with E-state index in [4.69, 9.17) is 33.3 Å². The molecule has 1 aliphatic heterocycles. The van der Waals surface area contributed by atoms with Crippen molar-refractivity contribution >= 4 is 34.6 Å². The van der Waals surface area contributed by atoms with Crippen LogP contribution in [0.15, 0.2) is 85.5 Å². The van der Waals surface area contributed by atoms with Crippen LogP contribution in [0.25, 0.3) is 0 Å². The van der Waals surface area contributed by atoms with Gasteiger partial charge >= 0.3 is 0 Å². The van der Waals surface area contributed by atoms with Crippen LogP contribution in [0.2, 0.25) is 5.02 Å². The van der Waals surface area contributed by atoms with Crippen molar-refractivity contribution in [1.82, 2.24) is 19.9 Å². The molecule has 0 radical (unpaired) electrons. The average molecular weight is 520 g/mol. The summed E-state index contributed by atoms with van der Waals surface area (Å²) >= 11 is 12.5. The van der Waals surface area contributed by atoms with E-state index < -0.39 is 0 Å². The number of pyridine rings is 2. The Morgan fingerprint density at radius 3 is 2.72 bits per heavy atom. The van der Waals surface area contributed by atoms with Crippen LogP contribution < -0.4 is 15.0 Å². The fraction of sp³-hybridized carbons (Fsp3) is 0.222. The van der Waals surface area contributed by atoms with Gasteiger partial charge in [-0.3, -0.25) is 9.97 Å². The molecule has 9 heteroatoms.